The first-order valence-corrected chi connectivity index (χ1v) is 12.1. The minimum atomic E-state index is -1.15. The van der Waals surface area contributed by atoms with E-state index >= 15 is 0 Å². The van der Waals surface area contributed by atoms with Crippen LogP contribution in [0.1, 0.15) is 63.8 Å². The van der Waals surface area contributed by atoms with Crippen molar-refractivity contribution in [3.63, 3.8) is 0 Å². The Morgan fingerprint density at radius 3 is 2.11 bits per heavy atom. The lowest BCUT2D eigenvalue weighted by molar-refractivity contribution is -0.139. The van der Waals surface area contributed by atoms with Crippen LogP contribution in [0.2, 0.25) is 0 Å². The molecular weight excluding hydrogens is 458 g/mol. The van der Waals surface area contributed by atoms with Gasteiger partial charge in [0.1, 0.15) is 23.4 Å². The van der Waals surface area contributed by atoms with E-state index in [0.29, 0.717) is 12.1 Å². The zero-order valence-electron chi connectivity index (χ0n) is 22.5. The number of hydrogen-bond donors (Lipinski definition) is 3. The van der Waals surface area contributed by atoms with Gasteiger partial charge in [0.2, 0.25) is 5.91 Å². The van der Waals surface area contributed by atoms with Crippen LogP contribution in [-0.4, -0.2) is 46.6 Å². The molecule has 8 heteroatoms. The van der Waals surface area contributed by atoms with E-state index in [9.17, 15) is 19.5 Å². The van der Waals surface area contributed by atoms with E-state index in [4.69, 9.17) is 4.74 Å². The number of rotatable bonds is 8. The molecule has 2 rings (SSSR count). The number of aromatic hydroxyl groups is 1. The van der Waals surface area contributed by atoms with Crippen LogP contribution in [0.15, 0.2) is 42.5 Å². The molecule has 2 aromatic carbocycles. The molecule has 0 saturated carbocycles. The fourth-order valence-electron chi connectivity index (χ4n) is 3.96. The van der Waals surface area contributed by atoms with Crippen molar-refractivity contribution in [1.82, 2.24) is 10.2 Å². The largest absolute Gasteiger partial charge is 0.508 e. The first kappa shape index (κ1) is 28.7. The minimum Gasteiger partial charge on any atom is -0.508 e. The summed E-state index contributed by atoms with van der Waals surface area (Å²) in [4.78, 5) is 41.1. The van der Waals surface area contributed by atoms with Gasteiger partial charge in [0.25, 0.3) is 5.91 Å². The highest BCUT2D eigenvalue weighted by Crippen LogP contribution is 2.31. The van der Waals surface area contributed by atoms with Crippen LogP contribution < -0.4 is 10.6 Å². The molecule has 0 aliphatic carbocycles. The zero-order valence-corrected chi connectivity index (χ0v) is 22.5. The smallest absolute Gasteiger partial charge is 0.408 e. The maximum atomic E-state index is 13.7. The van der Waals surface area contributed by atoms with Crippen LogP contribution in [0.4, 0.5) is 10.5 Å². The van der Waals surface area contributed by atoms with Gasteiger partial charge < -0.3 is 25.4 Å². The Hall–Kier alpha value is -3.55. The summed E-state index contributed by atoms with van der Waals surface area (Å²) in [5, 5.41) is 16.2. The molecule has 2 aromatic rings. The molecule has 36 heavy (non-hydrogen) atoms. The van der Waals surface area contributed by atoms with Gasteiger partial charge in [-0.05, 0) is 64.2 Å². The maximum Gasteiger partial charge on any atom is 0.408 e. The fraction of sp³-hybridized carbons (Fsp3) is 0.464. The van der Waals surface area contributed by atoms with Crippen LogP contribution >= 0.6 is 0 Å². The standard InChI is InChI=1S/C28H39N3O5/c1-17(2)16-21(29-27(35)36-28(5,6)7)26(34)31(8)24(20-14-9-10-15-22(20)32)25(33)30-23-18(3)12-11-13-19(23)4/h9-15,17,21,24,32H,16H2,1-8H3,(H,29,35)(H,30,33). The normalized spacial score (nSPS) is 13.0. The monoisotopic (exact) mass is 497 g/mol. The first-order valence-electron chi connectivity index (χ1n) is 12.1. The molecule has 3 amide bonds. The Bertz CT molecular complexity index is 1070. The summed E-state index contributed by atoms with van der Waals surface area (Å²) in [6.45, 7) is 12.9. The molecule has 0 fully saturated rings. The number of anilines is 1. The highest BCUT2D eigenvalue weighted by atomic mass is 16.6. The summed E-state index contributed by atoms with van der Waals surface area (Å²) in [5.74, 6) is -0.988. The fourth-order valence-corrected chi connectivity index (χ4v) is 3.96. The lowest BCUT2D eigenvalue weighted by atomic mass is 9.99. The quantitative estimate of drug-likeness (QED) is 0.471. The molecule has 0 aliphatic rings. The van der Waals surface area contributed by atoms with Gasteiger partial charge in [0, 0.05) is 18.3 Å². The van der Waals surface area contributed by atoms with Crippen LogP contribution in [0, 0.1) is 19.8 Å². The SMILES string of the molecule is Cc1cccc(C)c1NC(=O)C(c1ccccc1O)N(C)C(=O)C(CC(C)C)NC(=O)OC(C)(C)C. The molecule has 0 heterocycles. The summed E-state index contributed by atoms with van der Waals surface area (Å²) >= 11 is 0. The van der Waals surface area contributed by atoms with E-state index in [1.807, 2.05) is 45.9 Å². The van der Waals surface area contributed by atoms with E-state index in [1.165, 1.54) is 18.0 Å². The number of carbonyl (C=O) groups is 3. The number of amides is 3. The third kappa shape index (κ3) is 7.73. The third-order valence-electron chi connectivity index (χ3n) is 5.64. The number of carbonyl (C=O) groups excluding carboxylic acids is 3. The lowest BCUT2D eigenvalue weighted by Gasteiger charge is -2.32. The number of para-hydroxylation sites is 2. The highest BCUT2D eigenvalue weighted by molar-refractivity contribution is 6.00. The van der Waals surface area contributed by atoms with Gasteiger partial charge in [-0.1, -0.05) is 50.2 Å². The van der Waals surface area contributed by atoms with Crippen LogP contribution in [0.5, 0.6) is 5.75 Å². The molecule has 0 spiro atoms. The molecule has 0 aliphatic heterocycles. The number of ether oxygens (including phenoxy) is 1. The number of likely N-dealkylation sites (N-methyl/N-ethyl adjacent to an activating group) is 1. The molecule has 8 nitrogen and oxygen atoms in total. The molecule has 196 valence electrons. The van der Waals surface area contributed by atoms with Gasteiger partial charge in [-0.15, -0.1) is 0 Å². The Labute approximate surface area is 214 Å². The Balaban J connectivity index is 2.44. The van der Waals surface area contributed by atoms with Gasteiger partial charge in [-0.2, -0.15) is 0 Å². The van der Waals surface area contributed by atoms with E-state index in [0.717, 1.165) is 11.1 Å². The Morgan fingerprint density at radius 2 is 1.58 bits per heavy atom. The Morgan fingerprint density at radius 1 is 1.00 bits per heavy atom. The van der Waals surface area contributed by atoms with Gasteiger partial charge in [0.05, 0.1) is 0 Å². The van der Waals surface area contributed by atoms with Gasteiger partial charge in [0.15, 0.2) is 0 Å². The van der Waals surface area contributed by atoms with Crippen LogP contribution in [-0.2, 0) is 14.3 Å². The number of phenols is 1. The van der Waals surface area contributed by atoms with Crippen LogP contribution in [0.25, 0.3) is 0 Å². The van der Waals surface area contributed by atoms with Crippen molar-refractivity contribution in [2.75, 3.05) is 12.4 Å². The first-order chi connectivity index (χ1) is 16.7. The number of aryl methyl sites for hydroxylation is 2. The summed E-state index contributed by atoms with van der Waals surface area (Å²) in [6.07, 6.45) is -0.372. The summed E-state index contributed by atoms with van der Waals surface area (Å²) in [6, 6.07) is 10.0. The highest BCUT2D eigenvalue weighted by Gasteiger charge is 2.35. The van der Waals surface area contributed by atoms with E-state index < -0.39 is 35.6 Å². The molecular formula is C28H39N3O5. The number of hydrogen-bond acceptors (Lipinski definition) is 5. The van der Waals surface area contributed by atoms with E-state index in [1.54, 1.807) is 39.0 Å². The molecule has 0 radical (unpaired) electrons. The van der Waals surface area contributed by atoms with Crippen molar-refractivity contribution in [3.05, 3.63) is 59.2 Å². The molecule has 3 N–H and O–H groups in total. The summed E-state index contributed by atoms with van der Waals surface area (Å²) in [5.41, 5.74) is 1.94. The van der Waals surface area contributed by atoms with Crippen molar-refractivity contribution in [3.8, 4) is 5.75 Å². The predicted molar refractivity (Wildman–Crippen MR) is 141 cm³/mol. The minimum absolute atomic E-state index is 0.0781. The van der Waals surface area contributed by atoms with Crippen molar-refractivity contribution in [1.29, 1.82) is 0 Å². The van der Waals surface area contributed by atoms with Gasteiger partial charge >= 0.3 is 6.09 Å². The van der Waals surface area contributed by atoms with Crippen molar-refractivity contribution >= 4 is 23.6 Å². The van der Waals surface area contributed by atoms with Crippen LogP contribution in [0.3, 0.4) is 0 Å². The molecule has 0 aromatic heterocycles. The number of nitrogens with zero attached hydrogens (tertiary/aromatic N) is 1. The topological polar surface area (TPSA) is 108 Å². The zero-order chi connectivity index (χ0) is 27.2. The average molecular weight is 498 g/mol. The number of phenolic OH excluding ortho intramolecular Hbond substituents is 1. The maximum absolute atomic E-state index is 13.7. The third-order valence-corrected chi connectivity index (χ3v) is 5.64. The molecule has 0 bridgehead atoms. The molecule has 2 unspecified atom stereocenters. The van der Waals surface area contributed by atoms with E-state index in [2.05, 4.69) is 10.6 Å². The Kier molecular flexibility index (Phi) is 9.50. The second kappa shape index (κ2) is 11.9. The number of benzene rings is 2. The second-order valence-electron chi connectivity index (χ2n) is 10.5. The second-order valence-corrected chi connectivity index (χ2v) is 10.5. The molecule has 2 atom stereocenters. The van der Waals surface area contributed by atoms with Gasteiger partial charge in [-0.25, -0.2) is 4.79 Å². The average Bonchev–Trinajstić information content (AvgIpc) is 2.75. The van der Waals surface area contributed by atoms with Crippen molar-refractivity contribution in [2.24, 2.45) is 5.92 Å². The number of alkyl carbamates (subject to hydrolysis) is 1. The summed E-state index contributed by atoms with van der Waals surface area (Å²) < 4.78 is 5.36. The summed E-state index contributed by atoms with van der Waals surface area (Å²) in [7, 11) is 1.49. The predicted octanol–water partition coefficient (Wildman–Crippen LogP) is 5.09. The molecule has 0 saturated heterocycles. The lowest BCUT2D eigenvalue weighted by Crippen LogP contribution is -2.51. The van der Waals surface area contributed by atoms with E-state index in [-0.39, 0.29) is 17.2 Å². The van der Waals surface area contributed by atoms with Crippen molar-refractivity contribution < 1.29 is 24.2 Å². The van der Waals surface area contributed by atoms with Crippen molar-refractivity contribution in [2.45, 2.75) is 72.6 Å². The van der Waals surface area contributed by atoms with Gasteiger partial charge in [-0.3, -0.25) is 9.59 Å². The number of nitrogens with one attached hydrogen (secondary N) is 2.